The zero-order valence-electron chi connectivity index (χ0n) is 10.3. The van der Waals surface area contributed by atoms with Crippen LogP contribution in [-0.4, -0.2) is 49.2 Å². The summed E-state index contributed by atoms with van der Waals surface area (Å²) < 4.78 is 0. The first-order chi connectivity index (χ1) is 7.90. The maximum Gasteiger partial charge on any atom is 0.0134 e. The second kappa shape index (κ2) is 5.03. The van der Waals surface area contributed by atoms with Gasteiger partial charge >= 0.3 is 0 Å². The fraction of sp³-hybridized carbons (Fsp3) is 1.00. The Morgan fingerprint density at radius 3 is 1.38 bits per heavy atom. The van der Waals surface area contributed by atoms with Crippen LogP contribution in [0.1, 0.15) is 32.1 Å². The third-order valence-electron chi connectivity index (χ3n) is 4.78. The molecule has 3 heteroatoms. The van der Waals surface area contributed by atoms with Gasteiger partial charge in [-0.1, -0.05) is 0 Å². The van der Waals surface area contributed by atoms with Crippen LogP contribution >= 0.6 is 0 Å². The molecule has 0 aromatic rings. The van der Waals surface area contributed by atoms with Crippen molar-refractivity contribution in [3.63, 3.8) is 0 Å². The van der Waals surface area contributed by atoms with E-state index >= 15 is 0 Å². The average molecular weight is 223 g/mol. The topological polar surface area (TPSA) is 18.5 Å². The molecule has 0 aromatic heterocycles. The summed E-state index contributed by atoms with van der Waals surface area (Å²) in [5.41, 5.74) is 3.35. The molecular weight excluding hydrogens is 198 g/mol. The number of hydrazine groups is 1. The Hall–Kier alpha value is -0.120. The van der Waals surface area contributed by atoms with Crippen molar-refractivity contribution in [3.8, 4) is 0 Å². The first-order valence-corrected chi connectivity index (χ1v) is 7.11. The van der Waals surface area contributed by atoms with Crippen LogP contribution in [0.2, 0.25) is 0 Å². The summed E-state index contributed by atoms with van der Waals surface area (Å²) in [6.45, 7) is 7.98. The van der Waals surface area contributed by atoms with Crippen molar-refractivity contribution in [2.75, 3.05) is 39.3 Å². The van der Waals surface area contributed by atoms with Gasteiger partial charge in [-0.05, 0) is 63.6 Å². The van der Waals surface area contributed by atoms with E-state index in [1.165, 1.54) is 71.4 Å². The number of piperidine rings is 4. The first kappa shape index (κ1) is 11.0. The lowest BCUT2D eigenvalue weighted by Gasteiger charge is -2.39. The van der Waals surface area contributed by atoms with E-state index in [9.17, 15) is 0 Å². The Bertz CT molecular complexity index is 145. The minimum absolute atomic E-state index is 1.000. The number of hydrogen-bond donors (Lipinski definition) is 1. The monoisotopic (exact) mass is 223 g/mol. The van der Waals surface area contributed by atoms with E-state index in [0.717, 1.165) is 11.8 Å². The third-order valence-corrected chi connectivity index (χ3v) is 4.78. The lowest BCUT2D eigenvalue weighted by Crippen LogP contribution is -2.52. The highest BCUT2D eigenvalue weighted by atomic mass is 15.5. The van der Waals surface area contributed by atoms with Crippen molar-refractivity contribution < 1.29 is 0 Å². The maximum atomic E-state index is 3.35. The van der Waals surface area contributed by atoms with Crippen molar-refractivity contribution in [3.05, 3.63) is 0 Å². The van der Waals surface area contributed by atoms with Crippen LogP contribution in [0.4, 0.5) is 0 Å². The Morgan fingerprint density at radius 1 is 0.688 bits per heavy atom. The Balaban J connectivity index is 0.000000101. The van der Waals surface area contributed by atoms with Crippen molar-refractivity contribution >= 4 is 0 Å². The molecule has 0 amide bonds. The van der Waals surface area contributed by atoms with Gasteiger partial charge < -0.3 is 4.90 Å². The molecule has 0 saturated carbocycles. The van der Waals surface area contributed by atoms with E-state index in [2.05, 4.69) is 15.3 Å². The highest BCUT2D eigenvalue weighted by molar-refractivity contribution is 4.79. The molecule has 6 saturated heterocycles. The van der Waals surface area contributed by atoms with Gasteiger partial charge in [0.25, 0.3) is 0 Å². The van der Waals surface area contributed by atoms with Gasteiger partial charge in [0, 0.05) is 19.6 Å². The van der Waals surface area contributed by atoms with Crippen molar-refractivity contribution in [2.45, 2.75) is 32.1 Å². The summed E-state index contributed by atoms with van der Waals surface area (Å²) in [5, 5.41) is 2.33. The van der Waals surface area contributed by atoms with Gasteiger partial charge in [0.2, 0.25) is 0 Å². The fourth-order valence-corrected chi connectivity index (χ4v) is 3.42. The van der Waals surface area contributed by atoms with E-state index < -0.39 is 0 Å². The van der Waals surface area contributed by atoms with Crippen LogP contribution in [0.5, 0.6) is 0 Å². The van der Waals surface area contributed by atoms with Gasteiger partial charge in [-0.2, -0.15) is 0 Å². The van der Waals surface area contributed by atoms with E-state index in [-0.39, 0.29) is 0 Å². The summed E-state index contributed by atoms with van der Waals surface area (Å²) in [4.78, 5) is 2.58. The van der Waals surface area contributed by atoms with E-state index in [0.29, 0.717) is 0 Å². The first-order valence-electron chi connectivity index (χ1n) is 7.11. The standard InChI is InChI=1S/C7H13N.C6H12N2/c1-4-8-5-2-7(1)3-6-8;1-3-8-4-2-6(1)5-7-8/h7H,1-6H2;6-7H,1-5H2. The highest BCUT2D eigenvalue weighted by Gasteiger charge is 2.24. The molecule has 0 atom stereocenters. The predicted molar refractivity (Wildman–Crippen MR) is 66.1 cm³/mol. The predicted octanol–water partition coefficient (Wildman–Crippen LogP) is 1.32. The molecular formula is C13H25N3. The maximum absolute atomic E-state index is 3.35. The van der Waals surface area contributed by atoms with Crippen molar-refractivity contribution in [2.24, 2.45) is 11.8 Å². The molecule has 6 rings (SSSR count). The molecule has 6 aliphatic rings. The molecule has 0 unspecified atom stereocenters. The molecule has 0 aromatic carbocycles. The second-order valence-electron chi connectivity index (χ2n) is 5.87. The van der Waals surface area contributed by atoms with Gasteiger partial charge in [0.1, 0.15) is 0 Å². The van der Waals surface area contributed by atoms with Crippen molar-refractivity contribution in [1.29, 1.82) is 0 Å². The third kappa shape index (κ3) is 2.58. The highest BCUT2D eigenvalue weighted by Crippen LogP contribution is 2.26. The van der Waals surface area contributed by atoms with Crippen LogP contribution in [0.25, 0.3) is 0 Å². The summed E-state index contributed by atoms with van der Waals surface area (Å²) in [6.07, 6.45) is 7.31. The van der Waals surface area contributed by atoms with Crippen LogP contribution in [0.15, 0.2) is 0 Å². The van der Waals surface area contributed by atoms with Crippen LogP contribution in [-0.2, 0) is 0 Å². The molecule has 6 heterocycles. The fourth-order valence-electron chi connectivity index (χ4n) is 3.42. The van der Waals surface area contributed by atoms with Crippen LogP contribution in [0, 0.1) is 11.8 Å². The zero-order chi connectivity index (χ0) is 10.8. The number of fused-ring (bicyclic) bond motifs is 6. The minimum Gasteiger partial charge on any atom is -0.303 e. The molecule has 0 spiro atoms. The molecule has 6 fully saturated rings. The zero-order valence-corrected chi connectivity index (χ0v) is 10.3. The molecule has 16 heavy (non-hydrogen) atoms. The molecule has 6 aliphatic heterocycles. The number of rotatable bonds is 0. The molecule has 3 nitrogen and oxygen atoms in total. The number of nitrogens with zero attached hydrogens (tertiary/aromatic N) is 2. The summed E-state index contributed by atoms with van der Waals surface area (Å²) in [6, 6.07) is 0. The van der Waals surface area contributed by atoms with Gasteiger partial charge in [-0.15, -0.1) is 0 Å². The second-order valence-corrected chi connectivity index (χ2v) is 5.87. The van der Waals surface area contributed by atoms with E-state index in [1.807, 2.05) is 0 Å². The lowest BCUT2D eigenvalue weighted by atomic mass is 9.89. The number of hydrogen-bond acceptors (Lipinski definition) is 3. The van der Waals surface area contributed by atoms with Gasteiger partial charge in [-0.3, -0.25) is 5.43 Å². The Labute approximate surface area is 99.1 Å². The summed E-state index contributed by atoms with van der Waals surface area (Å²) in [5.74, 6) is 2.11. The smallest absolute Gasteiger partial charge is 0.0134 e. The summed E-state index contributed by atoms with van der Waals surface area (Å²) >= 11 is 0. The molecule has 0 radical (unpaired) electrons. The number of nitrogens with one attached hydrogen (secondary N) is 1. The summed E-state index contributed by atoms with van der Waals surface area (Å²) in [7, 11) is 0. The van der Waals surface area contributed by atoms with E-state index in [1.54, 1.807) is 0 Å². The van der Waals surface area contributed by atoms with Crippen LogP contribution in [0.3, 0.4) is 0 Å². The lowest BCUT2D eigenvalue weighted by molar-refractivity contribution is 0.0572. The average Bonchev–Trinajstić information content (AvgIpc) is 2.44. The molecule has 4 bridgehead atoms. The molecule has 92 valence electrons. The van der Waals surface area contributed by atoms with Crippen molar-refractivity contribution in [1.82, 2.24) is 15.3 Å². The van der Waals surface area contributed by atoms with Gasteiger partial charge in [0.05, 0.1) is 0 Å². The normalized spacial score (nSPS) is 45.0. The van der Waals surface area contributed by atoms with E-state index in [4.69, 9.17) is 0 Å². The Kier molecular flexibility index (Phi) is 3.46. The molecule has 0 aliphatic carbocycles. The SMILES string of the molecule is C1CN2CCC1CC2.C1CN2CCC1CN2. The quantitative estimate of drug-likeness (QED) is 0.668. The van der Waals surface area contributed by atoms with Crippen LogP contribution < -0.4 is 5.43 Å². The molecule has 1 N–H and O–H groups in total. The van der Waals surface area contributed by atoms with Gasteiger partial charge in [-0.25, -0.2) is 5.01 Å². The van der Waals surface area contributed by atoms with Gasteiger partial charge in [0.15, 0.2) is 0 Å². The largest absolute Gasteiger partial charge is 0.303 e. The minimum atomic E-state index is 1.000. The Morgan fingerprint density at radius 2 is 1.25 bits per heavy atom.